The number of nitrogens with zero attached hydrogens (tertiary/aromatic N) is 1. The predicted octanol–water partition coefficient (Wildman–Crippen LogP) is 4.19. The van der Waals surface area contributed by atoms with Gasteiger partial charge < -0.3 is 5.11 Å². The van der Waals surface area contributed by atoms with E-state index in [0.717, 1.165) is 34.4 Å². The van der Waals surface area contributed by atoms with E-state index >= 15 is 0 Å². The molecule has 2 aromatic carbocycles. The summed E-state index contributed by atoms with van der Waals surface area (Å²) in [5.41, 5.74) is 5.38. The molecule has 1 heterocycles. The molecule has 1 aromatic heterocycles. The maximum atomic E-state index is 9.85. The molecule has 0 saturated heterocycles. The van der Waals surface area contributed by atoms with Gasteiger partial charge in [0.25, 0.3) is 0 Å². The van der Waals surface area contributed by atoms with Gasteiger partial charge in [-0.15, -0.1) is 0 Å². The number of aliphatic hydroxyl groups excluding tert-OH is 1. The lowest BCUT2D eigenvalue weighted by molar-refractivity contribution is 0.173. The first-order chi connectivity index (χ1) is 10.3. The van der Waals surface area contributed by atoms with Gasteiger partial charge >= 0.3 is 0 Å². The van der Waals surface area contributed by atoms with Gasteiger partial charge in [-0.05, 0) is 35.2 Å². The van der Waals surface area contributed by atoms with Gasteiger partial charge in [-0.1, -0.05) is 49.4 Å². The molecule has 0 saturated carbocycles. The third-order valence-corrected chi connectivity index (χ3v) is 3.69. The van der Waals surface area contributed by atoms with Crippen LogP contribution >= 0.6 is 0 Å². The Kier molecular flexibility index (Phi) is 3.84. The van der Waals surface area contributed by atoms with E-state index in [-0.39, 0.29) is 6.10 Å². The minimum atomic E-state index is -0.379. The van der Waals surface area contributed by atoms with E-state index in [1.54, 1.807) is 6.20 Å². The molecule has 0 aliphatic rings. The number of H-pyrrole nitrogens is 1. The average molecular weight is 278 g/mol. The first kappa shape index (κ1) is 13.6. The Morgan fingerprint density at radius 1 is 1.00 bits per heavy atom. The van der Waals surface area contributed by atoms with Gasteiger partial charge in [-0.2, -0.15) is 5.10 Å². The minimum Gasteiger partial charge on any atom is -0.388 e. The summed E-state index contributed by atoms with van der Waals surface area (Å²) in [4.78, 5) is 0. The molecule has 0 radical (unpaired) electrons. The van der Waals surface area contributed by atoms with Crippen LogP contribution in [0.3, 0.4) is 0 Å². The van der Waals surface area contributed by atoms with E-state index in [0.29, 0.717) is 0 Å². The fourth-order valence-electron chi connectivity index (χ4n) is 2.42. The van der Waals surface area contributed by atoms with E-state index in [4.69, 9.17) is 0 Å². The van der Waals surface area contributed by atoms with Crippen LogP contribution in [0.15, 0.2) is 60.8 Å². The van der Waals surface area contributed by atoms with Gasteiger partial charge in [0.05, 0.1) is 11.8 Å². The lowest BCUT2D eigenvalue weighted by Crippen LogP contribution is -1.94. The van der Waals surface area contributed by atoms with Crippen LogP contribution in [0.4, 0.5) is 0 Å². The Morgan fingerprint density at radius 2 is 1.76 bits per heavy atom. The fourth-order valence-corrected chi connectivity index (χ4v) is 2.42. The van der Waals surface area contributed by atoms with Crippen LogP contribution in [0, 0.1) is 0 Å². The molecule has 3 aromatic rings. The van der Waals surface area contributed by atoms with Crippen molar-refractivity contribution in [3.05, 3.63) is 66.4 Å². The molecule has 3 rings (SSSR count). The Bertz CT molecular complexity index is 702. The maximum absolute atomic E-state index is 9.85. The Hall–Kier alpha value is -2.39. The van der Waals surface area contributed by atoms with Crippen molar-refractivity contribution in [2.45, 2.75) is 19.4 Å². The SMILES string of the molecule is CC[C@H](O)c1ccc(-c2cccc(-c3ccn[nH]3)c2)cc1. The van der Waals surface area contributed by atoms with Gasteiger partial charge in [-0.3, -0.25) is 5.10 Å². The first-order valence-corrected chi connectivity index (χ1v) is 7.16. The van der Waals surface area contributed by atoms with Gasteiger partial charge in [0.2, 0.25) is 0 Å². The highest BCUT2D eigenvalue weighted by Crippen LogP contribution is 2.26. The Morgan fingerprint density at radius 3 is 2.43 bits per heavy atom. The van der Waals surface area contributed by atoms with Crippen molar-refractivity contribution < 1.29 is 5.11 Å². The summed E-state index contributed by atoms with van der Waals surface area (Å²) < 4.78 is 0. The highest BCUT2D eigenvalue weighted by Gasteiger charge is 2.06. The van der Waals surface area contributed by atoms with Crippen molar-refractivity contribution >= 4 is 0 Å². The van der Waals surface area contributed by atoms with Crippen molar-refractivity contribution in [1.82, 2.24) is 10.2 Å². The quantitative estimate of drug-likeness (QED) is 0.752. The summed E-state index contributed by atoms with van der Waals surface area (Å²) in [6.07, 6.45) is 2.10. The number of hydrogen-bond acceptors (Lipinski definition) is 2. The molecule has 106 valence electrons. The van der Waals surface area contributed by atoms with Crippen LogP contribution in [0.25, 0.3) is 22.4 Å². The molecular weight excluding hydrogens is 260 g/mol. The zero-order valence-corrected chi connectivity index (χ0v) is 12.0. The summed E-state index contributed by atoms with van der Waals surface area (Å²) in [5.74, 6) is 0. The van der Waals surface area contributed by atoms with E-state index in [9.17, 15) is 5.11 Å². The second-order valence-electron chi connectivity index (χ2n) is 5.10. The molecule has 0 bridgehead atoms. The molecule has 3 nitrogen and oxygen atoms in total. The largest absolute Gasteiger partial charge is 0.388 e. The number of aliphatic hydroxyl groups is 1. The number of benzene rings is 2. The third-order valence-electron chi connectivity index (χ3n) is 3.69. The summed E-state index contributed by atoms with van der Waals surface area (Å²) in [5, 5.41) is 16.8. The smallest absolute Gasteiger partial charge is 0.0787 e. The molecule has 0 aliphatic heterocycles. The predicted molar refractivity (Wildman–Crippen MR) is 84.7 cm³/mol. The number of nitrogens with one attached hydrogen (secondary N) is 1. The van der Waals surface area contributed by atoms with Crippen LogP contribution in [0.2, 0.25) is 0 Å². The molecule has 0 amide bonds. The van der Waals surface area contributed by atoms with E-state index in [1.165, 1.54) is 0 Å². The lowest BCUT2D eigenvalue weighted by Gasteiger charge is -2.09. The topological polar surface area (TPSA) is 48.9 Å². The van der Waals surface area contributed by atoms with Crippen LogP contribution in [-0.2, 0) is 0 Å². The summed E-state index contributed by atoms with van der Waals surface area (Å²) in [6.45, 7) is 1.98. The molecule has 0 fully saturated rings. The molecule has 21 heavy (non-hydrogen) atoms. The van der Waals surface area contributed by atoms with Gasteiger partial charge in [0.1, 0.15) is 0 Å². The van der Waals surface area contributed by atoms with Crippen LogP contribution in [0.1, 0.15) is 25.0 Å². The Balaban J connectivity index is 1.92. The summed E-state index contributed by atoms with van der Waals surface area (Å²) >= 11 is 0. The number of rotatable bonds is 4. The fraction of sp³-hybridized carbons (Fsp3) is 0.167. The molecule has 0 spiro atoms. The molecule has 0 unspecified atom stereocenters. The monoisotopic (exact) mass is 278 g/mol. The summed E-state index contributed by atoms with van der Waals surface area (Å²) in [6, 6.07) is 18.4. The van der Waals surface area contributed by atoms with Crippen molar-refractivity contribution in [1.29, 1.82) is 0 Å². The molecule has 0 aliphatic carbocycles. The zero-order chi connectivity index (χ0) is 14.7. The van der Waals surface area contributed by atoms with Gasteiger partial charge in [0, 0.05) is 11.8 Å². The average Bonchev–Trinajstić information content (AvgIpc) is 3.09. The van der Waals surface area contributed by atoms with Gasteiger partial charge in [0.15, 0.2) is 0 Å². The van der Waals surface area contributed by atoms with Gasteiger partial charge in [-0.25, -0.2) is 0 Å². The second-order valence-corrected chi connectivity index (χ2v) is 5.10. The number of hydrogen-bond donors (Lipinski definition) is 2. The first-order valence-electron chi connectivity index (χ1n) is 7.16. The molecule has 2 N–H and O–H groups in total. The number of aromatic amines is 1. The summed E-state index contributed by atoms with van der Waals surface area (Å²) in [7, 11) is 0. The van der Waals surface area contributed by atoms with Crippen molar-refractivity contribution in [3.8, 4) is 22.4 Å². The Labute approximate surface area is 124 Å². The van der Waals surface area contributed by atoms with E-state index in [2.05, 4.69) is 40.5 Å². The van der Waals surface area contributed by atoms with Crippen molar-refractivity contribution in [3.63, 3.8) is 0 Å². The standard InChI is InChI=1S/C18H18N2O/c1-2-18(21)14-8-6-13(7-9-14)15-4-3-5-16(12-15)17-10-11-19-20-17/h3-12,18,21H,2H2,1H3,(H,19,20)/t18-/m0/s1. The second kappa shape index (κ2) is 5.94. The van der Waals surface area contributed by atoms with E-state index in [1.807, 2.05) is 31.2 Å². The van der Waals surface area contributed by atoms with Crippen molar-refractivity contribution in [2.24, 2.45) is 0 Å². The molecule has 1 atom stereocenters. The lowest BCUT2D eigenvalue weighted by atomic mass is 9.99. The maximum Gasteiger partial charge on any atom is 0.0787 e. The van der Waals surface area contributed by atoms with Crippen LogP contribution < -0.4 is 0 Å². The van der Waals surface area contributed by atoms with Crippen LogP contribution in [-0.4, -0.2) is 15.3 Å². The van der Waals surface area contributed by atoms with E-state index < -0.39 is 0 Å². The van der Waals surface area contributed by atoms with Crippen LogP contribution in [0.5, 0.6) is 0 Å². The molecule has 3 heteroatoms. The highest BCUT2D eigenvalue weighted by molar-refractivity contribution is 5.71. The third kappa shape index (κ3) is 2.88. The number of aromatic nitrogens is 2. The highest BCUT2D eigenvalue weighted by atomic mass is 16.3. The molecular formula is C18H18N2O. The normalized spacial score (nSPS) is 12.3. The zero-order valence-electron chi connectivity index (χ0n) is 12.0. The minimum absolute atomic E-state index is 0.379. The van der Waals surface area contributed by atoms with Crippen molar-refractivity contribution in [2.75, 3.05) is 0 Å².